The van der Waals surface area contributed by atoms with Gasteiger partial charge in [0.25, 0.3) is 0 Å². The summed E-state index contributed by atoms with van der Waals surface area (Å²) in [6.07, 6.45) is 2.22. The van der Waals surface area contributed by atoms with Gasteiger partial charge in [0.2, 0.25) is 0 Å². The number of hydrogen-bond donors (Lipinski definition) is 2. The molecule has 0 unspecified atom stereocenters. The molecule has 2 heterocycles. The zero-order valence-electron chi connectivity index (χ0n) is 18.0. The number of nitrogens with one attached hydrogen (secondary N) is 2. The number of guanidine groups is 1. The molecular formula is C22H33IN4O2S. The molecule has 166 valence electrons. The van der Waals surface area contributed by atoms with Crippen LogP contribution in [-0.2, 0) is 6.54 Å². The van der Waals surface area contributed by atoms with E-state index in [4.69, 9.17) is 14.5 Å². The van der Waals surface area contributed by atoms with Crippen LogP contribution in [0, 0.1) is 0 Å². The number of rotatable bonds is 8. The Morgan fingerprint density at radius 1 is 1.20 bits per heavy atom. The van der Waals surface area contributed by atoms with Gasteiger partial charge in [0.1, 0.15) is 0 Å². The van der Waals surface area contributed by atoms with Crippen LogP contribution in [0.15, 0.2) is 40.7 Å². The average Bonchev–Trinajstić information content (AvgIpc) is 3.28. The number of thiophene rings is 1. The second-order valence-electron chi connectivity index (χ2n) is 6.97. The third-order valence-electron chi connectivity index (χ3n) is 4.95. The van der Waals surface area contributed by atoms with E-state index in [1.165, 1.54) is 5.00 Å². The molecule has 2 N–H and O–H groups in total. The van der Waals surface area contributed by atoms with E-state index >= 15 is 0 Å². The van der Waals surface area contributed by atoms with Crippen LogP contribution >= 0.6 is 35.3 Å². The van der Waals surface area contributed by atoms with E-state index < -0.39 is 0 Å². The number of benzene rings is 1. The normalized spacial score (nSPS) is 14.8. The van der Waals surface area contributed by atoms with Gasteiger partial charge >= 0.3 is 0 Å². The number of nitrogens with zero attached hydrogens (tertiary/aromatic N) is 2. The molecule has 1 aliphatic heterocycles. The summed E-state index contributed by atoms with van der Waals surface area (Å²) in [7, 11) is 1.67. The minimum atomic E-state index is 0. The summed E-state index contributed by atoms with van der Waals surface area (Å²) >= 11 is 1.82. The van der Waals surface area contributed by atoms with Crippen LogP contribution in [0.1, 0.15) is 32.3 Å². The summed E-state index contributed by atoms with van der Waals surface area (Å²) in [4.78, 5) is 7.26. The van der Waals surface area contributed by atoms with Gasteiger partial charge < -0.3 is 25.0 Å². The van der Waals surface area contributed by atoms with Gasteiger partial charge in [0.05, 0.1) is 25.3 Å². The molecule has 6 nitrogen and oxygen atoms in total. The van der Waals surface area contributed by atoms with E-state index in [9.17, 15) is 0 Å². The molecule has 1 aromatic carbocycles. The summed E-state index contributed by atoms with van der Waals surface area (Å²) in [5.41, 5.74) is 1.09. The molecule has 0 amide bonds. The number of halogens is 1. The molecule has 1 saturated heterocycles. The van der Waals surface area contributed by atoms with Crippen molar-refractivity contribution >= 4 is 46.3 Å². The van der Waals surface area contributed by atoms with Crippen LogP contribution in [0.5, 0.6) is 11.5 Å². The Labute approximate surface area is 201 Å². The summed E-state index contributed by atoms with van der Waals surface area (Å²) in [6, 6.07) is 10.8. The maximum Gasteiger partial charge on any atom is 0.191 e. The zero-order valence-corrected chi connectivity index (χ0v) is 21.2. The van der Waals surface area contributed by atoms with Crippen molar-refractivity contribution < 1.29 is 9.47 Å². The quantitative estimate of drug-likeness (QED) is 0.291. The molecule has 0 bridgehead atoms. The van der Waals surface area contributed by atoms with Gasteiger partial charge in [-0.05, 0) is 61.9 Å². The van der Waals surface area contributed by atoms with Crippen molar-refractivity contribution in [2.75, 3.05) is 38.3 Å². The summed E-state index contributed by atoms with van der Waals surface area (Å²) in [5, 5.41) is 10.5. The lowest BCUT2D eigenvalue weighted by Crippen LogP contribution is -2.48. The number of hydrogen-bond acceptors (Lipinski definition) is 5. The highest BCUT2D eigenvalue weighted by molar-refractivity contribution is 14.0. The van der Waals surface area contributed by atoms with Crippen molar-refractivity contribution in [2.45, 2.75) is 39.3 Å². The minimum Gasteiger partial charge on any atom is -0.493 e. The lowest BCUT2D eigenvalue weighted by atomic mass is 10.1. The van der Waals surface area contributed by atoms with Crippen LogP contribution in [0.2, 0.25) is 0 Å². The van der Waals surface area contributed by atoms with E-state index in [1.807, 2.05) is 36.5 Å². The number of piperidine rings is 1. The second-order valence-corrected chi connectivity index (χ2v) is 7.90. The van der Waals surface area contributed by atoms with Crippen molar-refractivity contribution in [3.05, 3.63) is 41.3 Å². The first kappa shape index (κ1) is 24.6. The molecular weight excluding hydrogens is 511 g/mol. The average molecular weight is 545 g/mol. The van der Waals surface area contributed by atoms with Gasteiger partial charge in [-0.15, -0.1) is 35.3 Å². The largest absolute Gasteiger partial charge is 0.493 e. The Morgan fingerprint density at radius 2 is 2.00 bits per heavy atom. The van der Waals surface area contributed by atoms with Crippen molar-refractivity contribution in [3.8, 4) is 11.5 Å². The summed E-state index contributed by atoms with van der Waals surface area (Å²) in [5.74, 6) is 2.39. The standard InChI is InChI=1S/C22H32N4O2S.HI/c1-4-23-22(24-16-17-8-9-19(28-5-2)20(15-17)27-3)25-18-10-12-26(13-11-18)21-7-6-14-29-21;/h6-9,14-15,18H,4-5,10-13,16H2,1-3H3,(H2,23,24,25);1H. The van der Waals surface area contributed by atoms with Crippen molar-refractivity contribution in [1.82, 2.24) is 10.6 Å². The highest BCUT2D eigenvalue weighted by atomic mass is 127. The lowest BCUT2D eigenvalue weighted by Gasteiger charge is -2.33. The van der Waals surface area contributed by atoms with Crippen LogP contribution in [0.3, 0.4) is 0 Å². The molecule has 0 saturated carbocycles. The molecule has 2 aromatic rings. The molecule has 1 fully saturated rings. The predicted molar refractivity (Wildman–Crippen MR) is 137 cm³/mol. The third-order valence-corrected chi connectivity index (χ3v) is 5.87. The molecule has 0 radical (unpaired) electrons. The first-order valence-electron chi connectivity index (χ1n) is 10.4. The molecule has 1 aromatic heterocycles. The second kappa shape index (κ2) is 12.9. The SMILES string of the molecule is CCNC(=NCc1ccc(OCC)c(OC)c1)NC1CCN(c2cccs2)CC1.I. The molecule has 0 atom stereocenters. The van der Waals surface area contributed by atoms with Crippen LogP contribution < -0.4 is 25.0 Å². The molecule has 30 heavy (non-hydrogen) atoms. The first-order valence-corrected chi connectivity index (χ1v) is 11.2. The fraction of sp³-hybridized carbons (Fsp3) is 0.500. The Morgan fingerprint density at radius 3 is 2.63 bits per heavy atom. The fourth-order valence-corrected chi connectivity index (χ4v) is 4.25. The Bertz CT molecular complexity index is 777. The third kappa shape index (κ3) is 6.94. The number of anilines is 1. The lowest BCUT2D eigenvalue weighted by molar-refractivity contribution is 0.310. The molecule has 3 rings (SSSR count). The van der Waals surface area contributed by atoms with Gasteiger partial charge in [-0.2, -0.15) is 0 Å². The van der Waals surface area contributed by atoms with Gasteiger partial charge in [0.15, 0.2) is 17.5 Å². The molecule has 0 spiro atoms. The van der Waals surface area contributed by atoms with Crippen LogP contribution in [0.25, 0.3) is 0 Å². The summed E-state index contributed by atoms with van der Waals surface area (Å²) in [6.45, 7) is 8.26. The highest BCUT2D eigenvalue weighted by Crippen LogP contribution is 2.28. The molecule has 8 heteroatoms. The van der Waals surface area contributed by atoms with E-state index in [0.717, 1.165) is 55.5 Å². The predicted octanol–water partition coefficient (Wildman–Crippen LogP) is 4.50. The number of aliphatic imine (C=N–C) groups is 1. The summed E-state index contributed by atoms with van der Waals surface area (Å²) < 4.78 is 11.0. The first-order chi connectivity index (χ1) is 14.2. The van der Waals surface area contributed by atoms with Crippen molar-refractivity contribution in [2.24, 2.45) is 4.99 Å². The number of ether oxygens (including phenoxy) is 2. The maximum absolute atomic E-state index is 5.59. The molecule has 0 aliphatic carbocycles. The Balaban J connectivity index is 0.00000320. The number of methoxy groups -OCH3 is 1. The Kier molecular flexibility index (Phi) is 10.6. The van der Waals surface area contributed by atoms with Gasteiger partial charge in [-0.1, -0.05) is 6.07 Å². The minimum absolute atomic E-state index is 0. The van der Waals surface area contributed by atoms with Gasteiger partial charge in [-0.25, -0.2) is 4.99 Å². The van der Waals surface area contributed by atoms with E-state index in [0.29, 0.717) is 19.2 Å². The Hall–Kier alpha value is -1.68. The van der Waals surface area contributed by atoms with Crippen molar-refractivity contribution in [3.63, 3.8) is 0 Å². The van der Waals surface area contributed by atoms with Crippen LogP contribution in [-0.4, -0.2) is 45.4 Å². The zero-order chi connectivity index (χ0) is 20.5. The monoisotopic (exact) mass is 544 g/mol. The van der Waals surface area contributed by atoms with E-state index in [-0.39, 0.29) is 24.0 Å². The van der Waals surface area contributed by atoms with Crippen molar-refractivity contribution in [1.29, 1.82) is 0 Å². The highest BCUT2D eigenvalue weighted by Gasteiger charge is 2.20. The van der Waals surface area contributed by atoms with Gasteiger partial charge in [0, 0.05) is 25.7 Å². The van der Waals surface area contributed by atoms with Crippen LogP contribution in [0.4, 0.5) is 5.00 Å². The topological polar surface area (TPSA) is 58.1 Å². The van der Waals surface area contributed by atoms with Gasteiger partial charge in [-0.3, -0.25) is 0 Å². The molecule has 1 aliphatic rings. The van der Waals surface area contributed by atoms with E-state index in [2.05, 4.69) is 40.0 Å². The maximum atomic E-state index is 5.59. The smallest absolute Gasteiger partial charge is 0.191 e. The van der Waals surface area contributed by atoms with E-state index in [1.54, 1.807) is 7.11 Å². The fourth-order valence-electron chi connectivity index (χ4n) is 3.46.